The number of hydrogen-bond acceptors (Lipinski definition) is 5. The smallest absolute Gasteiger partial charge is 0.347 e. The lowest BCUT2D eigenvalue weighted by Gasteiger charge is -2.13. The first-order chi connectivity index (χ1) is 11.7. The van der Waals surface area contributed by atoms with E-state index in [9.17, 15) is 14.4 Å². The summed E-state index contributed by atoms with van der Waals surface area (Å²) in [5.41, 5.74) is 1.05. The van der Waals surface area contributed by atoms with Gasteiger partial charge in [-0.25, -0.2) is 9.78 Å². The van der Waals surface area contributed by atoms with Crippen LogP contribution in [0.1, 0.15) is 50.6 Å². The van der Waals surface area contributed by atoms with E-state index in [-0.39, 0.29) is 21.4 Å². The summed E-state index contributed by atoms with van der Waals surface area (Å²) in [6.07, 6.45) is 0. The Balaban J connectivity index is 2.20. The average Bonchev–Trinajstić information content (AvgIpc) is 2.91. The molecular formula is C16H16ClN3O4S. The van der Waals surface area contributed by atoms with Crippen molar-refractivity contribution in [3.8, 4) is 0 Å². The number of aromatic carboxylic acids is 1. The van der Waals surface area contributed by atoms with Crippen molar-refractivity contribution in [3.05, 3.63) is 44.4 Å². The van der Waals surface area contributed by atoms with Crippen LogP contribution in [0, 0.1) is 6.92 Å². The van der Waals surface area contributed by atoms with E-state index in [1.807, 2.05) is 0 Å². The molecule has 1 atom stereocenters. The van der Waals surface area contributed by atoms with Crippen molar-refractivity contribution >= 4 is 46.4 Å². The molecule has 0 aliphatic heterocycles. The topological polar surface area (TPSA) is 108 Å². The van der Waals surface area contributed by atoms with E-state index in [1.54, 1.807) is 19.9 Å². The van der Waals surface area contributed by atoms with Crippen LogP contribution in [0.25, 0.3) is 0 Å². The van der Waals surface area contributed by atoms with E-state index in [0.29, 0.717) is 16.4 Å². The zero-order valence-electron chi connectivity index (χ0n) is 13.7. The molecule has 0 spiro atoms. The summed E-state index contributed by atoms with van der Waals surface area (Å²) in [6.45, 7) is 4.67. The van der Waals surface area contributed by atoms with Crippen LogP contribution in [0.2, 0.25) is 5.02 Å². The highest BCUT2D eigenvalue weighted by molar-refractivity contribution is 7.13. The maximum absolute atomic E-state index is 12.5. The van der Waals surface area contributed by atoms with Gasteiger partial charge in [0.15, 0.2) is 0 Å². The molecule has 1 aromatic carbocycles. The molecule has 0 aliphatic rings. The Morgan fingerprint density at radius 2 is 2.00 bits per heavy atom. The van der Waals surface area contributed by atoms with E-state index >= 15 is 0 Å². The SMILES string of the molecule is CC(=O)Nc1ccc(Cl)c(C(=O)NC(C)c2nc(C)c(C(=O)O)s2)c1. The maximum Gasteiger partial charge on any atom is 0.347 e. The Labute approximate surface area is 153 Å². The molecule has 2 rings (SSSR count). The second-order valence-corrected chi connectivity index (χ2v) is 6.78. The summed E-state index contributed by atoms with van der Waals surface area (Å²) in [7, 11) is 0. The number of anilines is 1. The van der Waals surface area contributed by atoms with Crippen LogP contribution in [0.5, 0.6) is 0 Å². The minimum Gasteiger partial charge on any atom is -0.477 e. The van der Waals surface area contributed by atoms with Gasteiger partial charge in [-0.3, -0.25) is 9.59 Å². The van der Waals surface area contributed by atoms with Crippen LogP contribution in [0.15, 0.2) is 18.2 Å². The molecule has 0 bridgehead atoms. The standard InChI is InChI=1S/C16H16ClN3O4S/c1-7-13(16(23)24)25-15(19-7)8(2)18-14(22)11-6-10(20-9(3)21)4-5-12(11)17/h4-6,8H,1-3H3,(H,18,22)(H,20,21)(H,23,24). The van der Waals surface area contributed by atoms with Gasteiger partial charge in [0.2, 0.25) is 5.91 Å². The Hall–Kier alpha value is -2.45. The van der Waals surface area contributed by atoms with E-state index in [0.717, 1.165) is 11.3 Å². The van der Waals surface area contributed by atoms with Crippen molar-refractivity contribution in [2.45, 2.75) is 26.8 Å². The predicted octanol–water partition coefficient (Wildman–Crippen LogP) is 3.25. The predicted molar refractivity (Wildman–Crippen MR) is 95.4 cm³/mol. The normalized spacial score (nSPS) is 11.7. The summed E-state index contributed by atoms with van der Waals surface area (Å²) in [5, 5.41) is 15.1. The van der Waals surface area contributed by atoms with Gasteiger partial charge in [0, 0.05) is 12.6 Å². The number of hydrogen-bond donors (Lipinski definition) is 3. The van der Waals surface area contributed by atoms with Gasteiger partial charge in [-0.1, -0.05) is 11.6 Å². The third-order valence-electron chi connectivity index (χ3n) is 3.26. The summed E-state index contributed by atoms with van der Waals surface area (Å²) in [5.74, 6) is -1.76. The third kappa shape index (κ3) is 4.55. The maximum atomic E-state index is 12.5. The first-order valence-corrected chi connectivity index (χ1v) is 8.47. The van der Waals surface area contributed by atoms with Crippen molar-refractivity contribution in [2.24, 2.45) is 0 Å². The summed E-state index contributed by atoms with van der Waals surface area (Å²) >= 11 is 7.08. The monoisotopic (exact) mass is 381 g/mol. The zero-order valence-corrected chi connectivity index (χ0v) is 15.3. The van der Waals surface area contributed by atoms with Gasteiger partial charge in [-0.15, -0.1) is 11.3 Å². The van der Waals surface area contributed by atoms with Crippen LogP contribution in [0.4, 0.5) is 5.69 Å². The number of aryl methyl sites for hydroxylation is 1. The number of amides is 2. The van der Waals surface area contributed by atoms with Crippen LogP contribution in [0.3, 0.4) is 0 Å². The molecule has 1 unspecified atom stereocenters. The highest BCUT2D eigenvalue weighted by Gasteiger charge is 2.20. The van der Waals surface area contributed by atoms with Crippen molar-refractivity contribution in [1.82, 2.24) is 10.3 Å². The van der Waals surface area contributed by atoms with Crippen LogP contribution in [-0.4, -0.2) is 27.9 Å². The van der Waals surface area contributed by atoms with Crippen LogP contribution < -0.4 is 10.6 Å². The molecule has 0 radical (unpaired) electrons. The van der Waals surface area contributed by atoms with Gasteiger partial charge in [0.1, 0.15) is 9.88 Å². The van der Waals surface area contributed by atoms with E-state index < -0.39 is 17.9 Å². The number of rotatable bonds is 5. The minimum atomic E-state index is -1.05. The number of carboxylic acids is 1. The minimum absolute atomic E-state index is 0.141. The van der Waals surface area contributed by atoms with E-state index in [1.165, 1.54) is 19.1 Å². The molecule has 1 heterocycles. The molecular weight excluding hydrogens is 366 g/mol. The lowest BCUT2D eigenvalue weighted by molar-refractivity contribution is -0.114. The Morgan fingerprint density at radius 1 is 1.32 bits per heavy atom. The van der Waals surface area contributed by atoms with Gasteiger partial charge in [0.25, 0.3) is 5.91 Å². The second-order valence-electron chi connectivity index (χ2n) is 5.34. The van der Waals surface area contributed by atoms with Crippen molar-refractivity contribution in [1.29, 1.82) is 0 Å². The van der Waals surface area contributed by atoms with Crippen molar-refractivity contribution in [3.63, 3.8) is 0 Å². The Bertz CT molecular complexity index is 850. The number of carbonyl (C=O) groups is 3. The number of carbonyl (C=O) groups excluding carboxylic acids is 2. The average molecular weight is 382 g/mol. The van der Waals surface area contributed by atoms with Crippen molar-refractivity contribution in [2.75, 3.05) is 5.32 Å². The zero-order chi connectivity index (χ0) is 18.7. The van der Waals surface area contributed by atoms with Crippen LogP contribution in [-0.2, 0) is 4.79 Å². The fraction of sp³-hybridized carbons (Fsp3) is 0.250. The fourth-order valence-electron chi connectivity index (χ4n) is 2.12. The van der Waals surface area contributed by atoms with Gasteiger partial charge >= 0.3 is 5.97 Å². The molecule has 25 heavy (non-hydrogen) atoms. The van der Waals surface area contributed by atoms with E-state index in [4.69, 9.17) is 16.7 Å². The quantitative estimate of drug-likeness (QED) is 0.736. The first kappa shape index (κ1) is 18.9. The highest BCUT2D eigenvalue weighted by Crippen LogP contribution is 2.25. The molecule has 1 aromatic heterocycles. The first-order valence-electron chi connectivity index (χ1n) is 7.27. The number of carboxylic acid groups (broad SMARTS) is 1. The van der Waals surface area contributed by atoms with Crippen LogP contribution >= 0.6 is 22.9 Å². The molecule has 7 nitrogen and oxygen atoms in total. The molecule has 2 amide bonds. The lowest BCUT2D eigenvalue weighted by atomic mass is 10.1. The third-order valence-corrected chi connectivity index (χ3v) is 4.91. The molecule has 0 saturated carbocycles. The lowest BCUT2D eigenvalue weighted by Crippen LogP contribution is -2.27. The summed E-state index contributed by atoms with van der Waals surface area (Å²) in [6, 6.07) is 4.09. The van der Waals surface area contributed by atoms with E-state index in [2.05, 4.69) is 15.6 Å². The number of aromatic nitrogens is 1. The van der Waals surface area contributed by atoms with Crippen molar-refractivity contribution < 1.29 is 19.5 Å². The number of thiazole rings is 1. The molecule has 132 valence electrons. The largest absolute Gasteiger partial charge is 0.477 e. The molecule has 9 heteroatoms. The number of nitrogens with zero attached hydrogens (tertiary/aromatic N) is 1. The fourth-order valence-corrected chi connectivity index (χ4v) is 3.23. The molecule has 3 N–H and O–H groups in total. The molecule has 0 fully saturated rings. The summed E-state index contributed by atoms with van der Waals surface area (Å²) in [4.78, 5) is 39.0. The molecule has 2 aromatic rings. The number of halogens is 1. The van der Waals surface area contributed by atoms with Gasteiger partial charge in [0.05, 0.1) is 22.3 Å². The van der Waals surface area contributed by atoms with Gasteiger partial charge in [-0.05, 0) is 32.0 Å². The Kier molecular flexibility index (Phi) is 5.76. The van der Waals surface area contributed by atoms with Gasteiger partial charge < -0.3 is 15.7 Å². The van der Waals surface area contributed by atoms with Gasteiger partial charge in [-0.2, -0.15) is 0 Å². The number of nitrogens with one attached hydrogen (secondary N) is 2. The molecule has 0 saturated heterocycles. The summed E-state index contributed by atoms with van der Waals surface area (Å²) < 4.78 is 0. The second kappa shape index (κ2) is 7.62. The highest BCUT2D eigenvalue weighted by atomic mass is 35.5. The number of benzene rings is 1. The molecule has 0 aliphatic carbocycles. The Morgan fingerprint density at radius 3 is 2.56 bits per heavy atom.